The summed E-state index contributed by atoms with van der Waals surface area (Å²) in [5.74, 6) is 0.574. The van der Waals surface area contributed by atoms with Gasteiger partial charge in [-0.3, -0.25) is 4.99 Å². The predicted octanol–water partition coefficient (Wildman–Crippen LogP) is 3.42. The van der Waals surface area contributed by atoms with Gasteiger partial charge in [-0.1, -0.05) is 40.7 Å². The molecule has 1 aliphatic rings. The minimum atomic E-state index is 0.243. The second-order valence-corrected chi connectivity index (χ2v) is 4.80. The summed E-state index contributed by atoms with van der Waals surface area (Å²) in [6.45, 7) is 11.1. The molecule has 0 amide bonds. The monoisotopic (exact) mass is 165 g/mol. The first kappa shape index (κ1) is 9.50. The molecule has 0 saturated carbocycles. The Hall–Kier alpha value is -0.590. The molecule has 1 aliphatic heterocycles. The van der Waals surface area contributed by atoms with Crippen molar-refractivity contribution >= 4 is 5.71 Å². The molecule has 0 N–H and O–H groups in total. The first-order valence-corrected chi connectivity index (χ1v) is 4.69. The SMILES string of the molecule is CC(C)C1=CCC(C(C)(C)C)=N1. The van der Waals surface area contributed by atoms with Gasteiger partial charge in [0.2, 0.25) is 0 Å². The molecule has 1 rings (SSSR count). The van der Waals surface area contributed by atoms with Crippen molar-refractivity contribution in [3.8, 4) is 0 Å². The van der Waals surface area contributed by atoms with Crippen molar-refractivity contribution in [3.05, 3.63) is 11.8 Å². The van der Waals surface area contributed by atoms with Gasteiger partial charge in [-0.2, -0.15) is 0 Å². The fourth-order valence-electron chi connectivity index (χ4n) is 1.29. The molecule has 0 aliphatic carbocycles. The molecule has 0 aromatic carbocycles. The van der Waals surface area contributed by atoms with Gasteiger partial charge in [0.15, 0.2) is 0 Å². The van der Waals surface area contributed by atoms with E-state index >= 15 is 0 Å². The molecular weight excluding hydrogens is 146 g/mol. The van der Waals surface area contributed by atoms with Crippen LogP contribution in [0.15, 0.2) is 16.8 Å². The largest absolute Gasteiger partial charge is 0.261 e. The van der Waals surface area contributed by atoms with Crippen LogP contribution in [0, 0.1) is 11.3 Å². The highest BCUT2D eigenvalue weighted by Crippen LogP contribution is 2.27. The van der Waals surface area contributed by atoms with Crippen molar-refractivity contribution in [2.24, 2.45) is 16.3 Å². The lowest BCUT2D eigenvalue weighted by Crippen LogP contribution is -2.17. The molecule has 0 bridgehead atoms. The first-order valence-electron chi connectivity index (χ1n) is 4.69. The van der Waals surface area contributed by atoms with Gasteiger partial charge in [-0.15, -0.1) is 0 Å². The molecule has 1 nitrogen and oxygen atoms in total. The maximum atomic E-state index is 4.64. The fourth-order valence-corrected chi connectivity index (χ4v) is 1.29. The lowest BCUT2D eigenvalue weighted by Gasteiger charge is -2.18. The minimum Gasteiger partial charge on any atom is -0.261 e. The molecule has 0 aromatic heterocycles. The summed E-state index contributed by atoms with van der Waals surface area (Å²) in [5, 5.41) is 0. The molecule has 12 heavy (non-hydrogen) atoms. The number of nitrogens with zero attached hydrogens (tertiary/aromatic N) is 1. The van der Waals surface area contributed by atoms with E-state index in [0.29, 0.717) is 5.92 Å². The third kappa shape index (κ3) is 1.96. The second kappa shape index (κ2) is 3.04. The molecule has 0 saturated heterocycles. The van der Waals surface area contributed by atoms with Gasteiger partial charge < -0.3 is 0 Å². The molecular formula is C11H19N. The average molecular weight is 165 g/mol. The molecule has 0 aromatic rings. The quantitative estimate of drug-likeness (QED) is 0.564. The summed E-state index contributed by atoms with van der Waals surface area (Å²) in [7, 11) is 0. The minimum absolute atomic E-state index is 0.243. The topological polar surface area (TPSA) is 12.4 Å². The average Bonchev–Trinajstić information content (AvgIpc) is 2.30. The van der Waals surface area contributed by atoms with Crippen LogP contribution >= 0.6 is 0 Å². The van der Waals surface area contributed by atoms with E-state index in [0.717, 1.165) is 6.42 Å². The van der Waals surface area contributed by atoms with Crippen molar-refractivity contribution < 1.29 is 0 Å². The smallest absolute Gasteiger partial charge is 0.0392 e. The first-order chi connectivity index (χ1) is 5.41. The Bertz CT molecular complexity index is 226. The Kier molecular flexibility index (Phi) is 2.41. The normalized spacial score (nSPS) is 18.2. The van der Waals surface area contributed by atoms with Gasteiger partial charge in [0.05, 0.1) is 0 Å². The standard InChI is InChI=1S/C11H19N/c1-8(2)9-6-7-10(12-9)11(3,4)5/h6,8H,7H2,1-5H3. The van der Waals surface area contributed by atoms with Crippen molar-refractivity contribution in [1.29, 1.82) is 0 Å². The van der Waals surface area contributed by atoms with Crippen molar-refractivity contribution in [2.45, 2.75) is 41.0 Å². The van der Waals surface area contributed by atoms with Crippen LogP contribution in [0.2, 0.25) is 0 Å². The van der Waals surface area contributed by atoms with Gasteiger partial charge >= 0.3 is 0 Å². The third-order valence-electron chi connectivity index (χ3n) is 2.23. The predicted molar refractivity (Wildman–Crippen MR) is 54.4 cm³/mol. The van der Waals surface area contributed by atoms with Crippen LogP contribution < -0.4 is 0 Å². The molecule has 68 valence electrons. The zero-order valence-electron chi connectivity index (χ0n) is 8.81. The van der Waals surface area contributed by atoms with Crippen LogP contribution in [0.3, 0.4) is 0 Å². The Labute approximate surface area is 75.6 Å². The Balaban J connectivity index is 2.74. The summed E-state index contributed by atoms with van der Waals surface area (Å²) >= 11 is 0. The van der Waals surface area contributed by atoms with Crippen LogP contribution in [0.1, 0.15) is 41.0 Å². The molecule has 0 spiro atoms. The maximum absolute atomic E-state index is 4.64. The van der Waals surface area contributed by atoms with E-state index in [4.69, 9.17) is 0 Å². The number of allylic oxidation sites excluding steroid dienone is 2. The molecule has 1 heteroatoms. The Morgan fingerprint density at radius 3 is 2.17 bits per heavy atom. The van der Waals surface area contributed by atoms with E-state index in [1.165, 1.54) is 11.4 Å². The van der Waals surface area contributed by atoms with Crippen LogP contribution in [-0.2, 0) is 0 Å². The number of hydrogen-bond donors (Lipinski definition) is 0. The molecule has 1 heterocycles. The van der Waals surface area contributed by atoms with Gasteiger partial charge in [0.25, 0.3) is 0 Å². The van der Waals surface area contributed by atoms with Crippen molar-refractivity contribution in [1.82, 2.24) is 0 Å². The van der Waals surface area contributed by atoms with Gasteiger partial charge in [0, 0.05) is 23.2 Å². The molecule has 0 unspecified atom stereocenters. The Morgan fingerprint density at radius 1 is 1.33 bits per heavy atom. The highest BCUT2D eigenvalue weighted by Gasteiger charge is 2.22. The highest BCUT2D eigenvalue weighted by atomic mass is 14.8. The number of hydrogen-bond acceptors (Lipinski definition) is 1. The lowest BCUT2D eigenvalue weighted by atomic mass is 9.89. The summed E-state index contributed by atoms with van der Waals surface area (Å²) in [4.78, 5) is 4.64. The highest BCUT2D eigenvalue weighted by molar-refractivity contribution is 5.93. The zero-order valence-corrected chi connectivity index (χ0v) is 8.81. The van der Waals surface area contributed by atoms with Gasteiger partial charge in [-0.05, 0) is 5.92 Å². The summed E-state index contributed by atoms with van der Waals surface area (Å²) < 4.78 is 0. The number of aliphatic imine (C=N–C) groups is 1. The molecule has 0 atom stereocenters. The summed E-state index contributed by atoms with van der Waals surface area (Å²) in [6.07, 6.45) is 3.31. The van der Waals surface area contributed by atoms with E-state index < -0.39 is 0 Å². The van der Waals surface area contributed by atoms with Crippen molar-refractivity contribution in [3.63, 3.8) is 0 Å². The second-order valence-electron chi connectivity index (χ2n) is 4.80. The lowest BCUT2D eigenvalue weighted by molar-refractivity contribution is 0.584. The molecule has 0 fully saturated rings. The van der Waals surface area contributed by atoms with Crippen LogP contribution in [-0.4, -0.2) is 5.71 Å². The van der Waals surface area contributed by atoms with E-state index in [1.807, 2.05) is 0 Å². The summed E-state index contributed by atoms with van der Waals surface area (Å²) in [5.41, 5.74) is 2.83. The van der Waals surface area contributed by atoms with Crippen LogP contribution in [0.25, 0.3) is 0 Å². The van der Waals surface area contributed by atoms with E-state index in [-0.39, 0.29) is 5.41 Å². The van der Waals surface area contributed by atoms with E-state index in [2.05, 4.69) is 45.7 Å². The van der Waals surface area contributed by atoms with Crippen LogP contribution in [0.5, 0.6) is 0 Å². The zero-order chi connectivity index (χ0) is 9.35. The van der Waals surface area contributed by atoms with Gasteiger partial charge in [0.1, 0.15) is 0 Å². The fraction of sp³-hybridized carbons (Fsp3) is 0.727. The van der Waals surface area contributed by atoms with Gasteiger partial charge in [-0.25, -0.2) is 0 Å². The van der Waals surface area contributed by atoms with E-state index in [9.17, 15) is 0 Å². The molecule has 0 radical (unpaired) electrons. The van der Waals surface area contributed by atoms with Crippen LogP contribution in [0.4, 0.5) is 0 Å². The summed E-state index contributed by atoms with van der Waals surface area (Å²) in [6, 6.07) is 0. The van der Waals surface area contributed by atoms with E-state index in [1.54, 1.807) is 0 Å². The maximum Gasteiger partial charge on any atom is 0.0392 e. The third-order valence-corrected chi connectivity index (χ3v) is 2.23. The Morgan fingerprint density at radius 2 is 1.92 bits per heavy atom. The van der Waals surface area contributed by atoms with Crippen molar-refractivity contribution in [2.75, 3.05) is 0 Å². The number of rotatable bonds is 1.